The van der Waals surface area contributed by atoms with Gasteiger partial charge in [-0.05, 0) is 25.1 Å². The third-order valence-corrected chi connectivity index (χ3v) is 5.14. The molecule has 1 N–H and O–H groups in total. The predicted octanol–water partition coefficient (Wildman–Crippen LogP) is 2.63. The molecule has 8 heteroatoms. The molecule has 1 aromatic heterocycles. The summed E-state index contributed by atoms with van der Waals surface area (Å²) in [6, 6.07) is 5.54. The second-order valence-corrected chi connectivity index (χ2v) is 6.79. The summed E-state index contributed by atoms with van der Waals surface area (Å²) >= 11 is 1.35. The highest BCUT2D eigenvalue weighted by Gasteiger charge is 2.33. The molecule has 1 fully saturated rings. The van der Waals surface area contributed by atoms with Crippen LogP contribution in [0.4, 0.5) is 5.13 Å². The highest BCUT2D eigenvalue weighted by molar-refractivity contribution is 7.14. The van der Waals surface area contributed by atoms with Gasteiger partial charge in [0.25, 0.3) is 0 Å². The number of hydrogen-bond donors (Lipinski definition) is 1. The van der Waals surface area contributed by atoms with Crippen LogP contribution in [0.5, 0.6) is 11.5 Å². The molecule has 0 aliphatic carbocycles. The number of amides is 2. The molecular formula is C18H21N3O4S. The van der Waals surface area contributed by atoms with Crippen molar-refractivity contribution in [1.29, 1.82) is 0 Å². The first-order chi connectivity index (χ1) is 12.5. The molecule has 1 aromatic carbocycles. The molecule has 1 aliphatic rings. The summed E-state index contributed by atoms with van der Waals surface area (Å²) in [4.78, 5) is 30.3. The van der Waals surface area contributed by atoms with Crippen LogP contribution in [0, 0.1) is 5.92 Å². The average molecular weight is 375 g/mol. The van der Waals surface area contributed by atoms with Crippen LogP contribution in [0.1, 0.15) is 13.3 Å². The molecule has 0 saturated carbocycles. The summed E-state index contributed by atoms with van der Waals surface area (Å²) in [5.41, 5.74) is 1.61. The number of benzene rings is 1. The maximum Gasteiger partial charge on any atom is 0.231 e. The Hall–Kier alpha value is -2.61. The van der Waals surface area contributed by atoms with E-state index in [-0.39, 0.29) is 24.2 Å². The number of nitrogens with zero attached hydrogens (tertiary/aromatic N) is 2. The van der Waals surface area contributed by atoms with Crippen molar-refractivity contribution in [2.45, 2.75) is 13.3 Å². The van der Waals surface area contributed by atoms with Gasteiger partial charge in [-0.15, -0.1) is 11.3 Å². The topological polar surface area (TPSA) is 80.8 Å². The van der Waals surface area contributed by atoms with E-state index in [1.807, 2.05) is 30.5 Å². The molecule has 138 valence electrons. The molecular weight excluding hydrogens is 354 g/mol. The highest BCUT2D eigenvalue weighted by Crippen LogP contribution is 2.33. The van der Waals surface area contributed by atoms with Crippen molar-refractivity contribution in [2.75, 3.05) is 32.6 Å². The first-order valence-electron chi connectivity index (χ1n) is 8.32. The lowest BCUT2D eigenvalue weighted by molar-refractivity contribution is -0.128. The first-order valence-corrected chi connectivity index (χ1v) is 9.20. The van der Waals surface area contributed by atoms with Crippen molar-refractivity contribution < 1.29 is 19.1 Å². The fraction of sp³-hybridized carbons (Fsp3) is 0.389. The van der Waals surface area contributed by atoms with Crippen LogP contribution in [0.15, 0.2) is 23.6 Å². The van der Waals surface area contributed by atoms with Crippen LogP contribution >= 0.6 is 11.3 Å². The third-order valence-electron chi connectivity index (χ3n) is 4.38. The Kier molecular flexibility index (Phi) is 5.41. The van der Waals surface area contributed by atoms with E-state index in [2.05, 4.69) is 10.3 Å². The van der Waals surface area contributed by atoms with Gasteiger partial charge in [0.05, 0.1) is 25.8 Å². The number of hydrogen-bond acceptors (Lipinski definition) is 6. The molecule has 3 rings (SSSR count). The number of nitrogens with one attached hydrogen (secondary N) is 1. The van der Waals surface area contributed by atoms with Crippen molar-refractivity contribution in [1.82, 2.24) is 9.88 Å². The van der Waals surface area contributed by atoms with E-state index in [1.165, 1.54) is 11.3 Å². The van der Waals surface area contributed by atoms with Gasteiger partial charge in [0.15, 0.2) is 16.6 Å². The molecule has 1 saturated heterocycles. The van der Waals surface area contributed by atoms with E-state index in [0.717, 1.165) is 11.3 Å². The van der Waals surface area contributed by atoms with E-state index in [4.69, 9.17) is 9.47 Å². The quantitative estimate of drug-likeness (QED) is 0.839. The molecule has 26 heavy (non-hydrogen) atoms. The Morgan fingerprint density at radius 3 is 2.77 bits per heavy atom. The Morgan fingerprint density at radius 2 is 2.12 bits per heavy atom. The van der Waals surface area contributed by atoms with Crippen molar-refractivity contribution in [3.63, 3.8) is 0 Å². The van der Waals surface area contributed by atoms with Gasteiger partial charge < -0.3 is 19.7 Å². The number of thiazole rings is 1. The van der Waals surface area contributed by atoms with E-state index in [0.29, 0.717) is 29.7 Å². The van der Waals surface area contributed by atoms with Gasteiger partial charge in [-0.1, -0.05) is 0 Å². The lowest BCUT2D eigenvalue weighted by Crippen LogP contribution is -2.28. The normalized spacial score (nSPS) is 16.7. The van der Waals surface area contributed by atoms with Crippen LogP contribution in [0.3, 0.4) is 0 Å². The molecule has 1 unspecified atom stereocenters. The minimum absolute atomic E-state index is 0.0257. The van der Waals surface area contributed by atoms with E-state index < -0.39 is 0 Å². The van der Waals surface area contributed by atoms with Crippen LogP contribution in [-0.2, 0) is 9.59 Å². The maximum absolute atomic E-state index is 12.4. The second kappa shape index (κ2) is 7.74. The zero-order valence-electron chi connectivity index (χ0n) is 14.9. The minimum Gasteiger partial charge on any atom is -0.493 e. The highest BCUT2D eigenvalue weighted by atomic mass is 32.1. The van der Waals surface area contributed by atoms with Crippen LogP contribution < -0.4 is 14.8 Å². The number of anilines is 1. The molecule has 1 atom stereocenters. The predicted molar refractivity (Wildman–Crippen MR) is 99.6 cm³/mol. The summed E-state index contributed by atoms with van der Waals surface area (Å²) in [5, 5.41) is 5.21. The molecule has 0 spiro atoms. The summed E-state index contributed by atoms with van der Waals surface area (Å²) in [6.07, 6.45) is 0.258. The molecule has 2 amide bonds. The maximum atomic E-state index is 12.4. The SMILES string of the molecule is CCN1CC(C(=O)Nc2nc(-c3ccc(OC)c(OC)c3)cs2)CC1=O. The van der Waals surface area contributed by atoms with Gasteiger partial charge in [0.2, 0.25) is 11.8 Å². The van der Waals surface area contributed by atoms with Gasteiger partial charge in [-0.25, -0.2) is 4.98 Å². The number of methoxy groups -OCH3 is 2. The Labute approximate surface area is 155 Å². The van der Waals surface area contributed by atoms with Crippen LogP contribution in [-0.4, -0.2) is 49.0 Å². The van der Waals surface area contributed by atoms with E-state index >= 15 is 0 Å². The molecule has 2 heterocycles. The number of carbonyl (C=O) groups excluding carboxylic acids is 2. The minimum atomic E-state index is -0.323. The zero-order chi connectivity index (χ0) is 18.7. The summed E-state index contributed by atoms with van der Waals surface area (Å²) in [7, 11) is 3.16. The summed E-state index contributed by atoms with van der Waals surface area (Å²) in [5.74, 6) is 0.801. The Morgan fingerprint density at radius 1 is 1.35 bits per heavy atom. The molecule has 7 nitrogen and oxygen atoms in total. The number of carbonyl (C=O) groups is 2. The molecule has 2 aromatic rings. The van der Waals surface area contributed by atoms with Crippen LogP contribution in [0.25, 0.3) is 11.3 Å². The van der Waals surface area contributed by atoms with Crippen molar-refractivity contribution in [3.8, 4) is 22.8 Å². The van der Waals surface area contributed by atoms with Crippen molar-refractivity contribution in [2.24, 2.45) is 5.92 Å². The molecule has 0 bridgehead atoms. The van der Waals surface area contributed by atoms with Gasteiger partial charge in [0, 0.05) is 30.5 Å². The standard InChI is InChI=1S/C18H21N3O4S/c1-4-21-9-12(8-16(21)22)17(23)20-18-19-13(10-26-18)11-5-6-14(24-2)15(7-11)25-3/h5-7,10,12H,4,8-9H2,1-3H3,(H,19,20,23). The zero-order valence-corrected chi connectivity index (χ0v) is 15.8. The Bertz CT molecular complexity index is 821. The second-order valence-electron chi connectivity index (χ2n) is 5.93. The fourth-order valence-corrected chi connectivity index (χ4v) is 3.64. The number of rotatable bonds is 6. The first kappa shape index (κ1) is 18.2. The van der Waals surface area contributed by atoms with E-state index in [9.17, 15) is 9.59 Å². The van der Waals surface area contributed by atoms with Crippen LogP contribution in [0.2, 0.25) is 0 Å². The Balaban J connectivity index is 1.70. The van der Waals surface area contributed by atoms with E-state index in [1.54, 1.807) is 19.1 Å². The van der Waals surface area contributed by atoms with Gasteiger partial charge in [-0.3, -0.25) is 9.59 Å². The molecule has 0 radical (unpaired) electrons. The van der Waals surface area contributed by atoms with Crippen molar-refractivity contribution in [3.05, 3.63) is 23.6 Å². The average Bonchev–Trinajstić information content (AvgIpc) is 3.27. The summed E-state index contributed by atoms with van der Waals surface area (Å²) in [6.45, 7) is 3.01. The third kappa shape index (κ3) is 3.65. The number of likely N-dealkylation sites (tertiary alicyclic amines) is 1. The monoisotopic (exact) mass is 375 g/mol. The van der Waals surface area contributed by atoms with Gasteiger partial charge in [-0.2, -0.15) is 0 Å². The summed E-state index contributed by atoms with van der Waals surface area (Å²) < 4.78 is 10.5. The largest absolute Gasteiger partial charge is 0.493 e. The fourth-order valence-electron chi connectivity index (χ4n) is 2.92. The van der Waals surface area contributed by atoms with Crippen molar-refractivity contribution >= 4 is 28.3 Å². The smallest absolute Gasteiger partial charge is 0.231 e. The lowest BCUT2D eigenvalue weighted by atomic mass is 10.1. The van der Waals surface area contributed by atoms with Gasteiger partial charge >= 0.3 is 0 Å². The lowest BCUT2D eigenvalue weighted by Gasteiger charge is -2.12. The molecule has 1 aliphatic heterocycles. The van der Waals surface area contributed by atoms with Gasteiger partial charge in [0.1, 0.15) is 0 Å². The number of aromatic nitrogens is 1. The number of ether oxygens (including phenoxy) is 2.